The van der Waals surface area contributed by atoms with Gasteiger partial charge in [-0.1, -0.05) is 67.9 Å². The minimum absolute atomic E-state index is 0.0662. The molecule has 0 aliphatic heterocycles. The van der Waals surface area contributed by atoms with Crippen LogP contribution in [0, 0.1) is 12.8 Å². The molecule has 2 rings (SSSR count). The average molecular weight is 338 g/mol. The van der Waals surface area contributed by atoms with Crippen LogP contribution in [0.3, 0.4) is 0 Å². The summed E-state index contributed by atoms with van der Waals surface area (Å²) in [6.45, 7) is 6.04. The number of Topliss-reactive ketones (excluding diaryl/α,β-unsaturated/α-hetero) is 1. The summed E-state index contributed by atoms with van der Waals surface area (Å²) in [6.07, 6.45) is 2.43. The highest BCUT2D eigenvalue weighted by atomic mass is 16.1. The second-order valence-electron chi connectivity index (χ2n) is 5.71. The second kappa shape index (κ2) is 11.1. The van der Waals surface area contributed by atoms with Crippen molar-refractivity contribution >= 4 is 18.4 Å². The minimum atomic E-state index is -0.385. The summed E-state index contributed by atoms with van der Waals surface area (Å²) in [5.41, 5.74) is 3.95. The van der Waals surface area contributed by atoms with Crippen LogP contribution >= 0.6 is 0 Å². The van der Waals surface area contributed by atoms with Crippen molar-refractivity contribution in [3.05, 3.63) is 59.7 Å². The summed E-state index contributed by atoms with van der Waals surface area (Å²) in [5.74, 6) is -0.451. The summed E-state index contributed by atoms with van der Waals surface area (Å²) in [5, 5.41) is 0. The van der Waals surface area contributed by atoms with E-state index in [-0.39, 0.29) is 18.1 Å². The Labute approximate surface area is 150 Å². The van der Waals surface area contributed by atoms with E-state index < -0.39 is 0 Å². The molecule has 3 nitrogen and oxygen atoms in total. The first kappa shape index (κ1) is 20.5. The third-order valence-electron chi connectivity index (χ3n) is 3.89. The minimum Gasteiger partial charge on any atom is -0.303 e. The van der Waals surface area contributed by atoms with Gasteiger partial charge < -0.3 is 9.59 Å². The standard InChI is InChI=1S/C20H20O3.C2H6/c1-15-4-6-17(7-5-15)18-8-10-19(11-9-18)20(23)13-16(14-22)3-2-12-21;1-2/h4-12,14,16H,2-3,13H2,1H3;1-2H3. The fraction of sp³-hybridized carbons (Fsp3) is 0.318. The van der Waals surface area contributed by atoms with Crippen LogP contribution < -0.4 is 0 Å². The number of aldehydes is 2. The zero-order valence-corrected chi connectivity index (χ0v) is 15.2. The van der Waals surface area contributed by atoms with E-state index in [2.05, 4.69) is 12.1 Å². The predicted molar refractivity (Wildman–Crippen MR) is 102 cm³/mol. The molecule has 2 aromatic carbocycles. The van der Waals surface area contributed by atoms with Crippen LogP contribution in [0.25, 0.3) is 11.1 Å². The molecule has 0 spiro atoms. The quantitative estimate of drug-likeness (QED) is 0.499. The lowest BCUT2D eigenvalue weighted by Crippen LogP contribution is -2.10. The third-order valence-corrected chi connectivity index (χ3v) is 3.89. The third kappa shape index (κ3) is 6.46. The lowest BCUT2D eigenvalue weighted by atomic mass is 9.94. The Kier molecular flexibility index (Phi) is 9.09. The summed E-state index contributed by atoms with van der Waals surface area (Å²) in [7, 11) is 0. The van der Waals surface area contributed by atoms with Crippen LogP contribution in [0.1, 0.15) is 49.0 Å². The van der Waals surface area contributed by atoms with Gasteiger partial charge in [-0.05, 0) is 24.5 Å². The van der Waals surface area contributed by atoms with Gasteiger partial charge in [0.1, 0.15) is 12.6 Å². The maximum absolute atomic E-state index is 12.2. The number of hydrogen-bond acceptors (Lipinski definition) is 3. The van der Waals surface area contributed by atoms with Gasteiger partial charge in [-0.2, -0.15) is 0 Å². The van der Waals surface area contributed by atoms with Crippen LogP contribution in [-0.4, -0.2) is 18.4 Å². The van der Waals surface area contributed by atoms with E-state index in [4.69, 9.17) is 0 Å². The molecule has 0 N–H and O–H groups in total. The zero-order chi connectivity index (χ0) is 18.7. The molecule has 132 valence electrons. The molecule has 0 saturated carbocycles. The van der Waals surface area contributed by atoms with E-state index in [0.717, 1.165) is 23.7 Å². The predicted octanol–water partition coefficient (Wildman–Crippen LogP) is 5.06. The van der Waals surface area contributed by atoms with E-state index in [1.807, 2.05) is 45.0 Å². The molecule has 0 fully saturated rings. The molecule has 0 aliphatic carbocycles. The fourth-order valence-corrected chi connectivity index (χ4v) is 2.45. The monoisotopic (exact) mass is 338 g/mol. The Morgan fingerprint density at radius 1 is 0.920 bits per heavy atom. The lowest BCUT2D eigenvalue weighted by molar-refractivity contribution is -0.111. The largest absolute Gasteiger partial charge is 0.303 e. The Morgan fingerprint density at radius 2 is 1.44 bits per heavy atom. The molecule has 0 saturated heterocycles. The van der Waals surface area contributed by atoms with Crippen molar-refractivity contribution in [2.45, 2.75) is 40.0 Å². The van der Waals surface area contributed by atoms with Crippen molar-refractivity contribution in [2.24, 2.45) is 5.92 Å². The van der Waals surface area contributed by atoms with Crippen molar-refractivity contribution in [3.8, 4) is 11.1 Å². The maximum Gasteiger partial charge on any atom is 0.163 e. The normalized spacial score (nSPS) is 11.0. The molecule has 2 aromatic rings. The Morgan fingerprint density at radius 3 is 1.92 bits per heavy atom. The van der Waals surface area contributed by atoms with Gasteiger partial charge in [-0.3, -0.25) is 4.79 Å². The van der Waals surface area contributed by atoms with E-state index >= 15 is 0 Å². The Bertz CT molecular complexity index is 669. The summed E-state index contributed by atoms with van der Waals surface area (Å²) >= 11 is 0. The topological polar surface area (TPSA) is 51.2 Å². The highest BCUT2D eigenvalue weighted by molar-refractivity contribution is 5.97. The number of aryl methyl sites for hydroxylation is 1. The van der Waals surface area contributed by atoms with Crippen LogP contribution in [0.15, 0.2) is 48.5 Å². The number of benzene rings is 2. The molecular weight excluding hydrogens is 312 g/mol. The average Bonchev–Trinajstić information content (AvgIpc) is 2.67. The number of rotatable bonds is 8. The lowest BCUT2D eigenvalue weighted by Gasteiger charge is -2.08. The van der Waals surface area contributed by atoms with Gasteiger partial charge in [0.15, 0.2) is 5.78 Å². The molecule has 0 amide bonds. The number of carbonyl (C=O) groups is 3. The molecule has 0 aliphatic rings. The van der Waals surface area contributed by atoms with E-state index in [0.29, 0.717) is 18.4 Å². The molecule has 0 bridgehead atoms. The number of hydrogen-bond donors (Lipinski definition) is 0. The summed E-state index contributed by atoms with van der Waals surface area (Å²) in [4.78, 5) is 33.6. The van der Waals surface area contributed by atoms with Gasteiger partial charge in [0, 0.05) is 24.3 Å². The van der Waals surface area contributed by atoms with E-state index in [9.17, 15) is 14.4 Å². The van der Waals surface area contributed by atoms with Crippen LogP contribution in [0.4, 0.5) is 0 Å². The van der Waals surface area contributed by atoms with Gasteiger partial charge in [-0.25, -0.2) is 0 Å². The van der Waals surface area contributed by atoms with Crippen LogP contribution in [0.5, 0.6) is 0 Å². The number of ketones is 1. The molecule has 1 atom stereocenters. The Hall–Kier alpha value is -2.55. The summed E-state index contributed by atoms with van der Waals surface area (Å²) < 4.78 is 0. The molecule has 25 heavy (non-hydrogen) atoms. The van der Waals surface area contributed by atoms with Gasteiger partial charge >= 0.3 is 0 Å². The number of carbonyl (C=O) groups excluding carboxylic acids is 3. The van der Waals surface area contributed by atoms with Gasteiger partial charge in [0.05, 0.1) is 0 Å². The fourth-order valence-electron chi connectivity index (χ4n) is 2.45. The van der Waals surface area contributed by atoms with Gasteiger partial charge in [0.2, 0.25) is 0 Å². The highest BCUT2D eigenvalue weighted by Crippen LogP contribution is 2.21. The van der Waals surface area contributed by atoms with E-state index in [1.165, 1.54) is 5.56 Å². The van der Waals surface area contributed by atoms with Crippen molar-refractivity contribution in [3.63, 3.8) is 0 Å². The second-order valence-corrected chi connectivity index (χ2v) is 5.71. The first-order valence-corrected chi connectivity index (χ1v) is 8.73. The molecular formula is C22H26O3. The van der Waals surface area contributed by atoms with Gasteiger partial charge in [-0.15, -0.1) is 0 Å². The highest BCUT2D eigenvalue weighted by Gasteiger charge is 2.14. The van der Waals surface area contributed by atoms with Crippen molar-refractivity contribution in [1.29, 1.82) is 0 Å². The molecule has 0 radical (unpaired) electrons. The van der Waals surface area contributed by atoms with Gasteiger partial charge in [0.25, 0.3) is 0 Å². The molecule has 1 unspecified atom stereocenters. The first-order chi connectivity index (χ1) is 12.1. The first-order valence-electron chi connectivity index (χ1n) is 8.73. The SMILES string of the molecule is CC.Cc1ccc(-c2ccc(C(=O)CC(C=O)CCC=O)cc2)cc1. The smallest absolute Gasteiger partial charge is 0.163 e. The van der Waals surface area contributed by atoms with E-state index in [1.54, 1.807) is 12.1 Å². The summed E-state index contributed by atoms with van der Waals surface area (Å²) in [6, 6.07) is 15.6. The van der Waals surface area contributed by atoms with Crippen molar-refractivity contribution in [1.82, 2.24) is 0 Å². The zero-order valence-electron chi connectivity index (χ0n) is 15.2. The molecule has 3 heteroatoms. The molecule has 0 aromatic heterocycles. The van der Waals surface area contributed by atoms with Crippen LogP contribution in [0.2, 0.25) is 0 Å². The molecule has 0 heterocycles. The Balaban J connectivity index is 0.00000151. The van der Waals surface area contributed by atoms with Crippen LogP contribution in [-0.2, 0) is 9.59 Å². The van der Waals surface area contributed by atoms with Crippen molar-refractivity contribution < 1.29 is 14.4 Å². The maximum atomic E-state index is 12.2. The van der Waals surface area contributed by atoms with Crippen molar-refractivity contribution in [2.75, 3.05) is 0 Å².